The molecule has 3 aromatic rings. The molecule has 0 saturated heterocycles. The van der Waals surface area contributed by atoms with E-state index in [4.69, 9.17) is 0 Å². The van der Waals surface area contributed by atoms with Crippen LogP contribution in [0.25, 0.3) is 0 Å². The monoisotopic (exact) mass is 388 g/mol. The molecule has 1 heterocycles. The zero-order chi connectivity index (χ0) is 20.6. The number of pyridine rings is 1. The van der Waals surface area contributed by atoms with Gasteiger partial charge in [-0.05, 0) is 62.7 Å². The van der Waals surface area contributed by atoms with Gasteiger partial charge < -0.3 is 15.5 Å². The Morgan fingerprint density at radius 1 is 0.966 bits per heavy atom. The highest BCUT2D eigenvalue weighted by Crippen LogP contribution is 2.18. The van der Waals surface area contributed by atoms with Gasteiger partial charge in [-0.15, -0.1) is 0 Å². The Kier molecular flexibility index (Phi) is 6.85. The summed E-state index contributed by atoms with van der Waals surface area (Å²) in [6.45, 7) is 8.96. The third-order valence-electron chi connectivity index (χ3n) is 4.83. The van der Waals surface area contributed by atoms with Crippen molar-refractivity contribution in [2.45, 2.75) is 27.3 Å². The van der Waals surface area contributed by atoms with Gasteiger partial charge in [0, 0.05) is 31.0 Å². The fourth-order valence-corrected chi connectivity index (χ4v) is 3.20. The molecule has 0 spiro atoms. The average molecular weight is 389 g/mol. The summed E-state index contributed by atoms with van der Waals surface area (Å²) in [7, 11) is 0. The first-order valence-electron chi connectivity index (χ1n) is 10.0. The number of carbonyl (C=O) groups is 1. The molecule has 29 heavy (non-hydrogen) atoms. The third kappa shape index (κ3) is 5.57. The number of benzene rings is 2. The van der Waals surface area contributed by atoms with E-state index in [1.54, 1.807) is 12.3 Å². The van der Waals surface area contributed by atoms with Crippen LogP contribution in [0.15, 0.2) is 66.9 Å². The zero-order valence-electron chi connectivity index (χ0n) is 17.3. The third-order valence-corrected chi connectivity index (χ3v) is 4.83. The van der Waals surface area contributed by atoms with E-state index in [-0.39, 0.29) is 5.91 Å². The van der Waals surface area contributed by atoms with E-state index in [1.165, 1.54) is 11.1 Å². The van der Waals surface area contributed by atoms with Crippen LogP contribution in [0.1, 0.15) is 35.5 Å². The van der Waals surface area contributed by atoms with Crippen molar-refractivity contribution in [3.63, 3.8) is 0 Å². The maximum atomic E-state index is 12.5. The number of nitrogens with one attached hydrogen (secondary N) is 2. The second kappa shape index (κ2) is 9.73. The number of nitrogens with zero attached hydrogens (tertiary/aromatic N) is 2. The van der Waals surface area contributed by atoms with Gasteiger partial charge in [0.2, 0.25) is 0 Å². The SMILES string of the molecule is CCN(CC)c1ccc(NC(=O)c2ccc(NCc3cccc(C)c3)cn2)cc1. The molecule has 0 bridgehead atoms. The van der Waals surface area contributed by atoms with Crippen LogP contribution in [0, 0.1) is 6.92 Å². The summed E-state index contributed by atoms with van der Waals surface area (Å²) in [6, 6.07) is 19.9. The molecular weight excluding hydrogens is 360 g/mol. The topological polar surface area (TPSA) is 57.3 Å². The molecule has 0 radical (unpaired) electrons. The van der Waals surface area contributed by atoms with E-state index in [9.17, 15) is 4.79 Å². The van der Waals surface area contributed by atoms with E-state index >= 15 is 0 Å². The molecule has 1 amide bonds. The minimum atomic E-state index is -0.217. The van der Waals surface area contributed by atoms with E-state index in [0.29, 0.717) is 12.2 Å². The van der Waals surface area contributed by atoms with Crippen molar-refractivity contribution in [2.24, 2.45) is 0 Å². The van der Waals surface area contributed by atoms with Crippen molar-refractivity contribution in [3.8, 4) is 0 Å². The molecule has 1 aromatic heterocycles. The molecule has 150 valence electrons. The maximum absolute atomic E-state index is 12.5. The number of hydrogen-bond donors (Lipinski definition) is 2. The normalized spacial score (nSPS) is 10.4. The minimum absolute atomic E-state index is 0.217. The van der Waals surface area contributed by atoms with Crippen LogP contribution in [-0.4, -0.2) is 24.0 Å². The molecule has 0 aliphatic carbocycles. The molecule has 2 aromatic carbocycles. The lowest BCUT2D eigenvalue weighted by Gasteiger charge is -2.21. The molecule has 0 aliphatic heterocycles. The Bertz CT molecular complexity index is 932. The second-order valence-electron chi connectivity index (χ2n) is 6.95. The largest absolute Gasteiger partial charge is 0.380 e. The molecule has 5 nitrogen and oxygen atoms in total. The molecule has 5 heteroatoms. The van der Waals surface area contributed by atoms with Crippen molar-refractivity contribution in [3.05, 3.63) is 83.7 Å². The molecule has 3 rings (SSSR count). The van der Waals surface area contributed by atoms with Gasteiger partial charge in [0.05, 0.1) is 11.9 Å². The van der Waals surface area contributed by atoms with E-state index < -0.39 is 0 Å². The molecular formula is C24H28N4O. The highest BCUT2D eigenvalue weighted by Gasteiger charge is 2.08. The lowest BCUT2D eigenvalue weighted by Crippen LogP contribution is -2.21. The predicted octanol–water partition coefficient (Wildman–Crippen LogP) is 5.10. The van der Waals surface area contributed by atoms with Crippen molar-refractivity contribution in [1.82, 2.24) is 4.98 Å². The Balaban J connectivity index is 1.57. The lowest BCUT2D eigenvalue weighted by molar-refractivity contribution is 0.102. The number of aromatic nitrogens is 1. The van der Waals surface area contributed by atoms with Gasteiger partial charge in [-0.2, -0.15) is 0 Å². The molecule has 0 aliphatic rings. The number of rotatable bonds is 8. The van der Waals surface area contributed by atoms with Gasteiger partial charge in [0.25, 0.3) is 5.91 Å². The first-order chi connectivity index (χ1) is 14.1. The molecule has 0 saturated carbocycles. The van der Waals surface area contributed by atoms with Crippen LogP contribution < -0.4 is 15.5 Å². The van der Waals surface area contributed by atoms with Gasteiger partial charge >= 0.3 is 0 Å². The van der Waals surface area contributed by atoms with Crippen molar-refractivity contribution < 1.29 is 4.79 Å². The van der Waals surface area contributed by atoms with E-state index in [1.807, 2.05) is 36.4 Å². The fourth-order valence-electron chi connectivity index (χ4n) is 3.20. The quantitative estimate of drug-likeness (QED) is 0.564. The van der Waals surface area contributed by atoms with Crippen molar-refractivity contribution in [2.75, 3.05) is 28.6 Å². The summed E-state index contributed by atoms with van der Waals surface area (Å²) in [6.07, 6.45) is 1.69. The summed E-state index contributed by atoms with van der Waals surface area (Å²) < 4.78 is 0. The number of amides is 1. The minimum Gasteiger partial charge on any atom is -0.380 e. The Labute approximate surface area is 172 Å². The van der Waals surface area contributed by atoms with Crippen LogP contribution in [-0.2, 0) is 6.54 Å². The lowest BCUT2D eigenvalue weighted by atomic mass is 10.1. The van der Waals surface area contributed by atoms with E-state index in [2.05, 4.69) is 59.5 Å². The standard InChI is InChI=1S/C24H28N4O/c1-4-28(5-2)22-12-9-20(10-13-22)27-24(29)23-14-11-21(17-26-23)25-16-19-8-6-7-18(3)15-19/h6-15,17,25H,4-5,16H2,1-3H3,(H,27,29). The van der Waals surface area contributed by atoms with Crippen LogP contribution >= 0.6 is 0 Å². The Morgan fingerprint density at radius 2 is 1.69 bits per heavy atom. The van der Waals surface area contributed by atoms with Gasteiger partial charge in [-0.3, -0.25) is 4.79 Å². The van der Waals surface area contributed by atoms with Gasteiger partial charge in [-0.1, -0.05) is 29.8 Å². The first kappa shape index (κ1) is 20.4. The van der Waals surface area contributed by atoms with Crippen LogP contribution in [0.2, 0.25) is 0 Å². The smallest absolute Gasteiger partial charge is 0.274 e. The van der Waals surface area contributed by atoms with E-state index in [0.717, 1.165) is 30.2 Å². The summed E-state index contributed by atoms with van der Waals surface area (Å²) in [5.41, 5.74) is 5.62. The highest BCUT2D eigenvalue weighted by molar-refractivity contribution is 6.03. The number of carbonyl (C=O) groups excluding carboxylic acids is 1. The number of hydrogen-bond acceptors (Lipinski definition) is 4. The summed E-state index contributed by atoms with van der Waals surface area (Å²) in [5, 5.41) is 6.24. The summed E-state index contributed by atoms with van der Waals surface area (Å²) in [4.78, 5) is 19.0. The molecule has 0 unspecified atom stereocenters. The summed E-state index contributed by atoms with van der Waals surface area (Å²) in [5.74, 6) is -0.217. The summed E-state index contributed by atoms with van der Waals surface area (Å²) >= 11 is 0. The van der Waals surface area contributed by atoms with Crippen molar-refractivity contribution >= 4 is 23.0 Å². The maximum Gasteiger partial charge on any atom is 0.274 e. The number of aryl methyl sites for hydroxylation is 1. The van der Waals surface area contributed by atoms with Gasteiger partial charge in [0.1, 0.15) is 5.69 Å². The van der Waals surface area contributed by atoms with Crippen molar-refractivity contribution in [1.29, 1.82) is 0 Å². The van der Waals surface area contributed by atoms with Crippen LogP contribution in [0.3, 0.4) is 0 Å². The van der Waals surface area contributed by atoms with Crippen LogP contribution in [0.4, 0.5) is 17.1 Å². The zero-order valence-corrected chi connectivity index (χ0v) is 17.3. The van der Waals surface area contributed by atoms with Gasteiger partial charge in [-0.25, -0.2) is 4.98 Å². The Morgan fingerprint density at radius 3 is 2.31 bits per heavy atom. The highest BCUT2D eigenvalue weighted by atomic mass is 16.1. The predicted molar refractivity (Wildman–Crippen MR) is 121 cm³/mol. The molecule has 0 fully saturated rings. The second-order valence-corrected chi connectivity index (χ2v) is 6.95. The van der Waals surface area contributed by atoms with Gasteiger partial charge in [0.15, 0.2) is 0 Å². The van der Waals surface area contributed by atoms with Crippen LogP contribution in [0.5, 0.6) is 0 Å². The number of anilines is 3. The first-order valence-corrected chi connectivity index (χ1v) is 10.0. The molecule has 2 N–H and O–H groups in total. The average Bonchev–Trinajstić information content (AvgIpc) is 2.75. The Hall–Kier alpha value is -3.34. The molecule has 0 atom stereocenters. The fraction of sp³-hybridized carbons (Fsp3) is 0.250.